The van der Waals surface area contributed by atoms with Gasteiger partial charge in [0.2, 0.25) is 0 Å². The van der Waals surface area contributed by atoms with E-state index in [4.69, 9.17) is 28.4 Å². The molecule has 0 N–H and O–H groups in total. The van der Waals surface area contributed by atoms with E-state index in [-0.39, 0.29) is 32.5 Å². The first-order valence-electron chi connectivity index (χ1n) is 44.3. The average Bonchev–Trinajstić information content (AvgIpc) is 0.811. The van der Waals surface area contributed by atoms with Crippen molar-refractivity contribution in [3.05, 3.63) is 325 Å². The molecular formula is C120H120O6. The molecule has 0 fully saturated rings. The largest absolute Gasteiger partial charge is 0.492 e. The lowest BCUT2D eigenvalue weighted by molar-refractivity contribution is 0.314. The van der Waals surface area contributed by atoms with Crippen LogP contribution in [0.5, 0.6) is 34.5 Å². The van der Waals surface area contributed by atoms with Crippen molar-refractivity contribution in [3.63, 3.8) is 0 Å². The second-order valence-electron chi connectivity index (χ2n) is 37.9. The van der Waals surface area contributed by atoms with Crippen molar-refractivity contribution in [1.82, 2.24) is 0 Å². The van der Waals surface area contributed by atoms with E-state index in [0.29, 0.717) is 106 Å². The molecule has 0 radical (unpaired) electrons. The van der Waals surface area contributed by atoms with Crippen LogP contribution in [0.3, 0.4) is 0 Å². The van der Waals surface area contributed by atoms with Crippen molar-refractivity contribution in [2.45, 2.75) is 237 Å². The molecule has 13 rings (SSSR count). The highest BCUT2D eigenvalue weighted by molar-refractivity contribution is 5.82. The summed E-state index contributed by atoms with van der Waals surface area (Å²) in [5, 5.41) is 13.7. The van der Waals surface area contributed by atoms with Gasteiger partial charge >= 0.3 is 0 Å². The Balaban J connectivity index is 1.23. The Morgan fingerprint density at radius 1 is 0.159 bits per heavy atom. The molecule has 18 bridgehead atoms. The molecule has 0 aromatic heterocycles. The van der Waals surface area contributed by atoms with Crippen molar-refractivity contribution in [2.24, 2.45) is 0 Å². The number of hydrogen-bond acceptors (Lipinski definition) is 6. The molecule has 0 aliphatic rings. The van der Waals surface area contributed by atoms with E-state index < -0.39 is 0 Å². The topological polar surface area (TPSA) is 55.4 Å². The third-order valence-electron chi connectivity index (χ3n) is 20.3. The minimum atomic E-state index is -0.218. The summed E-state index contributed by atoms with van der Waals surface area (Å²) in [5.41, 5.74) is 5.22. The van der Waals surface area contributed by atoms with Gasteiger partial charge in [-0.2, -0.15) is 0 Å². The van der Waals surface area contributed by atoms with Gasteiger partial charge in [-0.1, -0.05) is 275 Å². The fourth-order valence-electron chi connectivity index (χ4n) is 12.9. The highest BCUT2D eigenvalue weighted by Crippen LogP contribution is 2.36. The number of rotatable bonds is 18. The number of benzene rings is 9. The molecule has 0 aliphatic heterocycles. The minimum absolute atomic E-state index is 0.218. The summed E-state index contributed by atoms with van der Waals surface area (Å²) in [6, 6.07) is 131. The summed E-state index contributed by atoms with van der Waals surface area (Å²) >= 11 is 0. The van der Waals surface area contributed by atoms with Gasteiger partial charge in [0.1, 0.15) is 34.5 Å². The normalized spacial score (nSPS) is 11.0. The number of hydrogen-bond donors (Lipinski definition) is 0. The summed E-state index contributed by atoms with van der Waals surface area (Å²) in [6.07, 6.45) is 4.77. The molecule has 6 heteroatoms. The highest BCUT2D eigenvalue weighted by Gasteiger charge is 2.20. The van der Waals surface area contributed by atoms with Crippen LogP contribution >= 0.6 is 0 Å². The third kappa shape index (κ3) is 28.0. The number of fused-ring (bicyclic) bond motifs is 2. The molecule has 0 unspecified atom stereocenters. The van der Waals surface area contributed by atoms with E-state index in [1.807, 2.05) is 72.8 Å². The smallest absolute Gasteiger partial charge is 0.136 e. The highest BCUT2D eigenvalue weighted by atomic mass is 16.5. The van der Waals surface area contributed by atoms with Gasteiger partial charge in [0, 0.05) is 101 Å². The van der Waals surface area contributed by atoms with E-state index >= 15 is 0 Å². The molecule has 0 saturated carbocycles. The maximum absolute atomic E-state index is 6.53. The monoisotopic (exact) mass is 1660 g/mol. The van der Waals surface area contributed by atoms with Crippen molar-refractivity contribution in [1.29, 1.82) is 0 Å². The summed E-state index contributed by atoms with van der Waals surface area (Å²) < 4.78 is 39.2. The lowest BCUT2D eigenvalue weighted by atomic mass is 9.86. The Labute approximate surface area is 756 Å². The summed E-state index contributed by atoms with van der Waals surface area (Å²) in [7, 11) is 0. The molecule has 0 saturated heterocycles. The molecule has 0 amide bonds. The predicted molar refractivity (Wildman–Crippen MR) is 522 cm³/mol. The van der Waals surface area contributed by atoms with Gasteiger partial charge in [-0.05, 0) is 250 Å². The molecular weight excluding hydrogens is 1540 g/mol. The summed E-state index contributed by atoms with van der Waals surface area (Å²) in [5.74, 6) is 3.70. The number of ether oxygens (including phenoxy) is 6. The molecule has 0 spiro atoms. The average molecular weight is 1660 g/mol. The summed E-state index contributed by atoms with van der Waals surface area (Å²) in [4.78, 5) is 0. The lowest BCUT2D eigenvalue weighted by Gasteiger charge is -2.18. The summed E-state index contributed by atoms with van der Waals surface area (Å²) in [6.45, 7) is 54.9. The van der Waals surface area contributed by atoms with Crippen LogP contribution < -0.4 is 28.4 Å². The van der Waals surface area contributed by atoms with Crippen LogP contribution in [-0.4, -0.2) is 39.6 Å². The van der Waals surface area contributed by atoms with Gasteiger partial charge < -0.3 is 28.4 Å². The van der Waals surface area contributed by atoms with Gasteiger partial charge in [-0.15, -0.1) is 0 Å². The fraction of sp³-hybridized carbons (Fsp3) is 0.350. The first kappa shape index (κ1) is 94.7. The second kappa shape index (κ2) is 42.7. The fourth-order valence-corrected chi connectivity index (χ4v) is 12.9. The lowest BCUT2D eigenvalue weighted by Crippen LogP contribution is -2.10. The molecule has 0 aliphatic carbocycles. The Kier molecular flexibility index (Phi) is 32.1. The van der Waals surface area contributed by atoms with E-state index in [9.17, 15) is 0 Å². The molecule has 0 atom stereocenters. The van der Waals surface area contributed by atoms with Gasteiger partial charge in [-0.3, -0.25) is 0 Å². The SMILES string of the molecule is CCCOc1cc2c#cc3cc(C(C)(C)C)cc(c#cc#cc4cc(C(C)(C)C)cc(c#cc5cc(OCCC)c(c#cc6cc(C(C)(C)C)cc(c#cc#cc7cc(C(C)(C)C)cc(c#cc8cc(OCCC)c(c#cc9cc(C(C)(C)C)cc(c#cc#cc%10cc(C(C)(C)C)cc(c#cc1cc2OCCC)c%10)c9)cc8OCCC)c7)c6)cc5OCCC)c4)c3. The quantitative estimate of drug-likeness (QED) is 0.0853. The van der Waals surface area contributed by atoms with E-state index in [0.717, 1.165) is 137 Å². The molecule has 126 heavy (non-hydrogen) atoms. The predicted octanol–water partition coefficient (Wildman–Crippen LogP) is 29.9. The standard InChI is InChI=1S/C120H120O6/c1-25-55-121-109-79-98-50-44-92-62-86(68-104(74-92)116(10,11)12)38-33-34-40-88-64-94(76-106(70-88)118(16,17)18)46-52-100-82-114(126-60-30-6)102(84-113(100)125-59-29-5)54-48-96-66-90(72-108(78-96)120(22,23)24)42-36-35-41-89-65-95(77-107(71-89)119(19,20)21)47-53-101-83-111(123-57-27-3)99(81-112(101)124-58-28-4)51-45-93-63-87(69-105(75-93)117(13,14)15)39-32-31-37-85-61-91(73-103(67-85)115(7,8)9)43-49-97(109)80-110(98)122-56-26-2/h61-84H,25-30,55-60H2,1-24H3. The van der Waals surface area contributed by atoms with Crippen molar-refractivity contribution in [3.8, 4) is 34.5 Å². The van der Waals surface area contributed by atoms with Crippen LogP contribution in [-0.2, 0) is 32.5 Å². The first-order chi connectivity index (χ1) is 59.9. The molecule has 13 aromatic rings. The second-order valence-corrected chi connectivity index (χ2v) is 37.9. The van der Waals surface area contributed by atoms with Crippen molar-refractivity contribution >= 4 is 97.0 Å². The Morgan fingerprint density at radius 3 is 0.389 bits per heavy atom. The van der Waals surface area contributed by atoms with E-state index in [1.54, 1.807) is 0 Å². The van der Waals surface area contributed by atoms with Crippen LogP contribution in [0.15, 0.2) is 146 Å². The zero-order chi connectivity index (χ0) is 91.0. The molecule has 6 nitrogen and oxygen atoms in total. The van der Waals surface area contributed by atoms with E-state index in [1.165, 1.54) is 0 Å². The van der Waals surface area contributed by atoms with Gasteiger partial charge in [0.05, 0.1) is 72.0 Å². The van der Waals surface area contributed by atoms with Crippen LogP contribution in [0.25, 0.3) is 97.0 Å². The van der Waals surface area contributed by atoms with Crippen LogP contribution in [0, 0.1) is 146 Å². The Morgan fingerprint density at radius 2 is 0.278 bits per heavy atom. The first-order valence-corrected chi connectivity index (χ1v) is 44.3. The van der Waals surface area contributed by atoms with Gasteiger partial charge in [-0.25, -0.2) is 0 Å². The Bertz CT molecular complexity index is 5220. The van der Waals surface area contributed by atoms with Crippen molar-refractivity contribution < 1.29 is 28.4 Å². The maximum atomic E-state index is 6.53. The Hall–Kier alpha value is -13.5. The van der Waals surface area contributed by atoms with Gasteiger partial charge in [0.15, 0.2) is 0 Å². The maximum Gasteiger partial charge on any atom is 0.136 e. The zero-order valence-electron chi connectivity index (χ0n) is 78.8. The third-order valence-corrected chi connectivity index (χ3v) is 20.3. The zero-order valence-corrected chi connectivity index (χ0v) is 78.8. The van der Waals surface area contributed by atoms with Crippen LogP contribution in [0.1, 0.15) is 238 Å². The molecule has 0 heterocycles. The van der Waals surface area contributed by atoms with E-state index in [2.05, 4.69) is 385 Å². The van der Waals surface area contributed by atoms with Crippen molar-refractivity contribution in [2.75, 3.05) is 39.6 Å². The van der Waals surface area contributed by atoms with Crippen LogP contribution in [0.4, 0.5) is 0 Å². The van der Waals surface area contributed by atoms with Gasteiger partial charge in [0.25, 0.3) is 0 Å². The molecule has 13 aromatic carbocycles. The van der Waals surface area contributed by atoms with Crippen LogP contribution in [0.2, 0.25) is 0 Å². The molecule has 636 valence electrons. The minimum Gasteiger partial charge on any atom is -0.492 e.